The molecule has 2 aromatic rings. The van der Waals surface area contributed by atoms with Gasteiger partial charge in [-0.25, -0.2) is 13.1 Å². The Labute approximate surface area is 223 Å². The van der Waals surface area contributed by atoms with Gasteiger partial charge in [-0.05, 0) is 29.9 Å². The molecular formula is C26H36N6O5S. The van der Waals surface area contributed by atoms with Gasteiger partial charge < -0.3 is 22.1 Å². The van der Waals surface area contributed by atoms with Gasteiger partial charge in [0, 0.05) is 18.5 Å². The summed E-state index contributed by atoms with van der Waals surface area (Å²) in [5.41, 5.74) is 12.5. The third-order valence-electron chi connectivity index (χ3n) is 5.59. The molecule has 0 aromatic heterocycles. The summed E-state index contributed by atoms with van der Waals surface area (Å²) >= 11 is 0. The van der Waals surface area contributed by atoms with Crippen LogP contribution in [0.2, 0.25) is 0 Å². The first-order valence-corrected chi connectivity index (χ1v) is 13.8. The number of nitrogens with one attached hydrogen (secondary N) is 4. The van der Waals surface area contributed by atoms with Gasteiger partial charge in [0.1, 0.15) is 17.9 Å². The highest BCUT2D eigenvalue weighted by Gasteiger charge is 2.29. The van der Waals surface area contributed by atoms with Gasteiger partial charge in [0.15, 0.2) is 0 Å². The highest BCUT2D eigenvalue weighted by Crippen LogP contribution is 2.11. The zero-order chi connectivity index (χ0) is 28.3. The number of hydrogen-bond acceptors (Lipinski definition) is 6. The van der Waals surface area contributed by atoms with Gasteiger partial charge in [-0.1, -0.05) is 68.4 Å². The summed E-state index contributed by atoms with van der Waals surface area (Å²) < 4.78 is 28.1. The lowest BCUT2D eigenvalue weighted by molar-refractivity contribution is -0.130. The van der Waals surface area contributed by atoms with Crippen molar-refractivity contribution in [3.63, 3.8) is 0 Å². The van der Waals surface area contributed by atoms with E-state index in [-0.39, 0.29) is 43.3 Å². The van der Waals surface area contributed by atoms with E-state index in [2.05, 4.69) is 15.4 Å². The second kappa shape index (κ2) is 14.2. The van der Waals surface area contributed by atoms with Crippen LogP contribution in [0.1, 0.15) is 49.8 Å². The van der Waals surface area contributed by atoms with E-state index < -0.39 is 39.8 Å². The van der Waals surface area contributed by atoms with Gasteiger partial charge in [-0.2, -0.15) is 0 Å². The zero-order valence-corrected chi connectivity index (χ0v) is 22.4. The monoisotopic (exact) mass is 544 g/mol. The molecule has 0 aliphatic carbocycles. The van der Waals surface area contributed by atoms with Crippen LogP contribution in [0.25, 0.3) is 0 Å². The van der Waals surface area contributed by atoms with Gasteiger partial charge in [0.2, 0.25) is 27.7 Å². The van der Waals surface area contributed by atoms with Crippen molar-refractivity contribution >= 4 is 33.6 Å². The maximum absolute atomic E-state index is 13.2. The predicted octanol–water partition coefficient (Wildman–Crippen LogP) is 0.871. The summed E-state index contributed by atoms with van der Waals surface area (Å²) in [5.74, 6) is -2.27. The number of primary amides is 1. The first kappa shape index (κ1) is 30.5. The zero-order valence-electron chi connectivity index (χ0n) is 21.6. The van der Waals surface area contributed by atoms with Crippen molar-refractivity contribution in [2.24, 2.45) is 17.4 Å². The molecule has 3 amide bonds. The van der Waals surface area contributed by atoms with E-state index >= 15 is 0 Å². The largest absolute Gasteiger partial charge is 0.384 e. The van der Waals surface area contributed by atoms with Crippen LogP contribution in [0.15, 0.2) is 54.6 Å². The van der Waals surface area contributed by atoms with E-state index in [4.69, 9.17) is 16.9 Å². The minimum Gasteiger partial charge on any atom is -0.384 e. The number of carbonyl (C=O) groups is 3. The Hall–Kier alpha value is -3.77. The van der Waals surface area contributed by atoms with E-state index in [0.29, 0.717) is 11.1 Å². The number of nitrogens with two attached hydrogens (primary N) is 2. The van der Waals surface area contributed by atoms with E-state index in [1.54, 1.807) is 54.6 Å². The van der Waals surface area contributed by atoms with Crippen molar-refractivity contribution in [3.8, 4) is 0 Å². The lowest BCUT2D eigenvalue weighted by Gasteiger charge is -2.24. The number of hydrogen-bond donors (Lipinski definition) is 6. The summed E-state index contributed by atoms with van der Waals surface area (Å²) in [6.45, 7) is 3.82. The molecule has 0 saturated carbocycles. The fraction of sp³-hybridized carbons (Fsp3) is 0.385. The number of rotatable bonds is 15. The van der Waals surface area contributed by atoms with Crippen LogP contribution < -0.4 is 26.8 Å². The second-order valence-electron chi connectivity index (χ2n) is 9.44. The summed E-state index contributed by atoms with van der Waals surface area (Å²) in [5, 5.41) is 12.8. The molecule has 0 saturated heterocycles. The normalized spacial score (nSPS) is 12.9. The van der Waals surface area contributed by atoms with Crippen LogP contribution in [-0.2, 0) is 36.7 Å². The van der Waals surface area contributed by atoms with Gasteiger partial charge in [-0.3, -0.25) is 19.8 Å². The number of carbonyl (C=O) groups excluding carboxylic acids is 3. The topological polar surface area (TPSA) is 197 Å². The van der Waals surface area contributed by atoms with Crippen LogP contribution in [-0.4, -0.2) is 44.1 Å². The lowest BCUT2D eigenvalue weighted by atomic mass is 10.0. The minimum absolute atomic E-state index is 0.0268. The molecule has 206 valence electrons. The highest BCUT2D eigenvalue weighted by atomic mass is 32.2. The van der Waals surface area contributed by atoms with Crippen molar-refractivity contribution < 1.29 is 22.8 Å². The fourth-order valence-electron chi connectivity index (χ4n) is 3.67. The van der Waals surface area contributed by atoms with Gasteiger partial charge in [-0.15, -0.1) is 0 Å². The summed E-state index contributed by atoms with van der Waals surface area (Å²) in [6, 6.07) is 13.0. The lowest BCUT2D eigenvalue weighted by Crippen LogP contribution is -2.54. The van der Waals surface area contributed by atoms with Crippen LogP contribution in [0, 0.1) is 11.3 Å². The molecule has 0 aliphatic rings. The molecule has 2 unspecified atom stereocenters. The Balaban J connectivity index is 2.12. The van der Waals surface area contributed by atoms with E-state index in [0.717, 1.165) is 5.56 Å². The van der Waals surface area contributed by atoms with Crippen molar-refractivity contribution in [2.45, 2.75) is 57.5 Å². The smallest absolute Gasteiger partial charge is 0.242 e. The van der Waals surface area contributed by atoms with Crippen molar-refractivity contribution in [1.82, 2.24) is 15.4 Å². The minimum atomic E-state index is -3.87. The van der Waals surface area contributed by atoms with E-state index in [1.165, 1.54) is 0 Å². The molecule has 2 atom stereocenters. The third-order valence-corrected chi connectivity index (χ3v) is 6.95. The molecule has 2 rings (SSSR count). The van der Waals surface area contributed by atoms with Crippen molar-refractivity contribution in [3.05, 3.63) is 71.3 Å². The van der Waals surface area contributed by atoms with Crippen LogP contribution in [0.5, 0.6) is 0 Å². The Morgan fingerprint density at radius 1 is 0.895 bits per heavy atom. The quantitative estimate of drug-likeness (QED) is 0.142. The number of amides is 3. The molecule has 8 N–H and O–H groups in total. The maximum Gasteiger partial charge on any atom is 0.242 e. The Morgan fingerprint density at radius 2 is 1.53 bits per heavy atom. The molecule has 12 heteroatoms. The molecule has 0 fully saturated rings. The molecule has 38 heavy (non-hydrogen) atoms. The molecule has 2 aromatic carbocycles. The van der Waals surface area contributed by atoms with Crippen molar-refractivity contribution in [1.29, 1.82) is 5.41 Å². The van der Waals surface area contributed by atoms with Gasteiger partial charge in [0.25, 0.3) is 0 Å². The number of amidine groups is 1. The van der Waals surface area contributed by atoms with Crippen LogP contribution in [0.4, 0.5) is 0 Å². The first-order valence-electron chi connectivity index (χ1n) is 12.2. The van der Waals surface area contributed by atoms with Crippen LogP contribution >= 0.6 is 0 Å². The molecule has 11 nitrogen and oxygen atoms in total. The van der Waals surface area contributed by atoms with Gasteiger partial charge >= 0.3 is 0 Å². The standard InChI is InChI=1S/C26H36N6O5S/c1-17(2)14-22(32-38(36,37)16-19-6-4-3-5-7-19)26(35)31-21(12-13-23(27)33)25(34)30-15-18-8-10-20(11-9-18)24(28)29/h3-11,17,21-22,32H,12-16H2,1-2H3,(H2,27,33)(H3,28,29)(H,30,34)(H,31,35). The average molecular weight is 545 g/mol. The van der Waals surface area contributed by atoms with Gasteiger partial charge in [0.05, 0.1) is 5.75 Å². The Morgan fingerprint density at radius 3 is 2.08 bits per heavy atom. The fourth-order valence-corrected chi connectivity index (χ4v) is 5.03. The molecule has 0 heterocycles. The number of benzene rings is 2. The first-order chi connectivity index (χ1) is 17.9. The number of nitrogen functional groups attached to an aromatic ring is 1. The molecular weight excluding hydrogens is 508 g/mol. The summed E-state index contributed by atoms with van der Waals surface area (Å²) in [7, 11) is -3.87. The van der Waals surface area contributed by atoms with E-state index in [9.17, 15) is 22.8 Å². The SMILES string of the molecule is CC(C)CC(NS(=O)(=O)Cc1ccccc1)C(=O)NC(CCC(N)=O)C(=O)NCc1ccc(C(=N)N)cc1. The highest BCUT2D eigenvalue weighted by molar-refractivity contribution is 7.88. The van der Waals surface area contributed by atoms with E-state index in [1.807, 2.05) is 13.8 Å². The molecule has 0 bridgehead atoms. The summed E-state index contributed by atoms with van der Waals surface area (Å²) in [4.78, 5) is 37.5. The Bertz CT molecular complexity index is 1220. The average Bonchev–Trinajstić information content (AvgIpc) is 2.84. The predicted molar refractivity (Wildman–Crippen MR) is 145 cm³/mol. The maximum atomic E-state index is 13.2. The molecule has 0 aliphatic heterocycles. The second-order valence-corrected chi connectivity index (χ2v) is 11.2. The Kier molecular flexibility index (Phi) is 11.4. The third kappa shape index (κ3) is 10.7. The van der Waals surface area contributed by atoms with Crippen molar-refractivity contribution in [2.75, 3.05) is 0 Å². The number of sulfonamides is 1. The van der Waals surface area contributed by atoms with Crippen LogP contribution in [0.3, 0.4) is 0 Å². The molecule has 0 radical (unpaired) electrons. The molecule has 0 spiro atoms. The summed E-state index contributed by atoms with van der Waals surface area (Å²) in [6.07, 6.45) is -0.00584.